The third-order valence-electron chi connectivity index (χ3n) is 6.32. The standard InChI is InChI=1S/C25H28F3N5O2/c1-16-12-20(13-29-23(16)32-10-8-18(9-11-32)15-35-3)31-24(34)22-14-30-33(17(22)2)21-6-4-19(5-7-21)25(26,27)28/h4-7,12-14,18H,8-11,15H2,1-3H3,(H,31,34). The lowest BCUT2D eigenvalue weighted by Crippen LogP contribution is -2.36. The Bertz CT molecular complexity index is 1180. The summed E-state index contributed by atoms with van der Waals surface area (Å²) in [5.41, 5.74) is 2.06. The maximum absolute atomic E-state index is 12.9. The molecule has 1 N–H and O–H groups in total. The quantitative estimate of drug-likeness (QED) is 0.529. The van der Waals surface area contributed by atoms with Crippen molar-refractivity contribution < 1.29 is 22.7 Å². The van der Waals surface area contributed by atoms with E-state index in [-0.39, 0.29) is 5.91 Å². The maximum Gasteiger partial charge on any atom is 0.416 e. The van der Waals surface area contributed by atoms with E-state index in [4.69, 9.17) is 4.74 Å². The highest BCUT2D eigenvalue weighted by molar-refractivity contribution is 6.05. The number of benzene rings is 1. The highest BCUT2D eigenvalue weighted by Gasteiger charge is 2.30. The van der Waals surface area contributed by atoms with E-state index >= 15 is 0 Å². The summed E-state index contributed by atoms with van der Waals surface area (Å²) in [5.74, 6) is 1.11. The molecule has 10 heteroatoms. The molecule has 1 aliphatic heterocycles. The van der Waals surface area contributed by atoms with Crippen LogP contribution in [0.1, 0.15) is 40.0 Å². The fourth-order valence-electron chi connectivity index (χ4n) is 4.40. The third-order valence-corrected chi connectivity index (χ3v) is 6.32. The largest absolute Gasteiger partial charge is 0.416 e. The number of methoxy groups -OCH3 is 1. The van der Waals surface area contributed by atoms with Crippen LogP contribution in [0.25, 0.3) is 5.69 Å². The van der Waals surface area contributed by atoms with Crippen LogP contribution in [0.15, 0.2) is 42.7 Å². The van der Waals surface area contributed by atoms with Crippen molar-refractivity contribution in [2.75, 3.05) is 37.0 Å². The predicted octanol–water partition coefficient (Wildman–Crippen LogP) is 5.02. The fraction of sp³-hybridized carbons (Fsp3) is 0.400. The fourth-order valence-corrected chi connectivity index (χ4v) is 4.40. The van der Waals surface area contributed by atoms with Crippen LogP contribution in [0.3, 0.4) is 0 Å². The van der Waals surface area contributed by atoms with Crippen LogP contribution in [-0.4, -0.2) is 47.5 Å². The zero-order chi connectivity index (χ0) is 25.2. The van der Waals surface area contributed by atoms with E-state index in [1.54, 1.807) is 20.2 Å². The van der Waals surface area contributed by atoms with Crippen molar-refractivity contribution in [1.82, 2.24) is 14.8 Å². The Labute approximate surface area is 201 Å². The van der Waals surface area contributed by atoms with Crippen molar-refractivity contribution in [2.45, 2.75) is 32.9 Å². The van der Waals surface area contributed by atoms with Crippen molar-refractivity contribution in [3.63, 3.8) is 0 Å². The summed E-state index contributed by atoms with van der Waals surface area (Å²) in [6.45, 7) is 6.26. The van der Waals surface area contributed by atoms with Crippen molar-refractivity contribution in [3.8, 4) is 5.69 Å². The molecule has 0 aliphatic carbocycles. The van der Waals surface area contributed by atoms with Crippen LogP contribution in [0.5, 0.6) is 0 Å². The summed E-state index contributed by atoms with van der Waals surface area (Å²) >= 11 is 0. The number of carbonyl (C=O) groups is 1. The minimum absolute atomic E-state index is 0.326. The van der Waals surface area contributed by atoms with Crippen molar-refractivity contribution in [1.29, 1.82) is 0 Å². The predicted molar refractivity (Wildman–Crippen MR) is 127 cm³/mol. The number of hydrogen-bond acceptors (Lipinski definition) is 5. The Morgan fingerprint density at radius 3 is 2.43 bits per heavy atom. The van der Waals surface area contributed by atoms with Gasteiger partial charge in [0.15, 0.2) is 0 Å². The van der Waals surface area contributed by atoms with Crippen LogP contribution in [-0.2, 0) is 10.9 Å². The minimum atomic E-state index is -4.41. The average Bonchev–Trinajstić information content (AvgIpc) is 3.21. The summed E-state index contributed by atoms with van der Waals surface area (Å²) in [5, 5.41) is 7.05. The number of alkyl halides is 3. The van der Waals surface area contributed by atoms with Gasteiger partial charge in [-0.15, -0.1) is 0 Å². The molecule has 7 nitrogen and oxygen atoms in total. The minimum Gasteiger partial charge on any atom is -0.384 e. The highest BCUT2D eigenvalue weighted by atomic mass is 19.4. The van der Waals surface area contributed by atoms with Crippen LogP contribution < -0.4 is 10.2 Å². The first-order valence-corrected chi connectivity index (χ1v) is 11.4. The van der Waals surface area contributed by atoms with Gasteiger partial charge in [0.2, 0.25) is 0 Å². The van der Waals surface area contributed by atoms with Gasteiger partial charge in [0.05, 0.1) is 40.6 Å². The molecule has 0 atom stereocenters. The third kappa shape index (κ3) is 5.48. The van der Waals surface area contributed by atoms with Gasteiger partial charge < -0.3 is 15.0 Å². The lowest BCUT2D eigenvalue weighted by molar-refractivity contribution is -0.137. The SMILES string of the molecule is COCC1CCN(c2ncc(NC(=O)c3cnn(-c4ccc(C(F)(F)F)cc4)c3C)cc2C)CC1. The van der Waals surface area contributed by atoms with Gasteiger partial charge in [-0.05, 0) is 68.5 Å². The number of amides is 1. The first-order chi connectivity index (χ1) is 16.7. The molecule has 3 aromatic rings. The Kier molecular flexibility index (Phi) is 7.11. The summed E-state index contributed by atoms with van der Waals surface area (Å²) in [6.07, 6.45) is 0.731. The highest BCUT2D eigenvalue weighted by Crippen LogP contribution is 2.30. The number of halogens is 3. The van der Waals surface area contributed by atoms with E-state index in [1.165, 1.54) is 23.0 Å². The van der Waals surface area contributed by atoms with Gasteiger partial charge in [-0.2, -0.15) is 18.3 Å². The molecule has 0 saturated carbocycles. The number of pyridine rings is 1. The van der Waals surface area contributed by atoms with Crippen molar-refractivity contribution in [3.05, 3.63) is 65.1 Å². The van der Waals surface area contributed by atoms with Gasteiger partial charge in [-0.1, -0.05) is 0 Å². The van der Waals surface area contributed by atoms with Crippen molar-refractivity contribution >= 4 is 17.4 Å². The molecule has 4 rings (SSSR count). The second-order valence-corrected chi connectivity index (χ2v) is 8.80. The van der Waals surface area contributed by atoms with Gasteiger partial charge in [-0.25, -0.2) is 9.67 Å². The number of aryl methyl sites for hydroxylation is 1. The van der Waals surface area contributed by atoms with Crippen LogP contribution in [0.2, 0.25) is 0 Å². The number of nitrogens with one attached hydrogen (secondary N) is 1. The molecule has 35 heavy (non-hydrogen) atoms. The number of rotatable bonds is 6. The molecule has 1 aromatic carbocycles. The van der Waals surface area contributed by atoms with Gasteiger partial charge in [0.25, 0.3) is 5.91 Å². The molecule has 1 amide bonds. The molecule has 0 unspecified atom stereocenters. The summed E-state index contributed by atoms with van der Waals surface area (Å²) < 4.78 is 45.2. The molecule has 1 saturated heterocycles. The van der Waals surface area contributed by atoms with Gasteiger partial charge in [-0.3, -0.25) is 4.79 Å². The van der Waals surface area contributed by atoms with Gasteiger partial charge in [0, 0.05) is 26.8 Å². The number of hydrogen-bond donors (Lipinski definition) is 1. The lowest BCUT2D eigenvalue weighted by atomic mass is 9.97. The van der Waals surface area contributed by atoms with E-state index < -0.39 is 11.7 Å². The number of piperidine rings is 1. The second-order valence-electron chi connectivity index (χ2n) is 8.80. The molecule has 3 heterocycles. The number of aromatic nitrogens is 3. The van der Waals surface area contributed by atoms with Gasteiger partial charge >= 0.3 is 6.18 Å². The zero-order valence-corrected chi connectivity index (χ0v) is 19.9. The van der Waals surface area contributed by atoms with E-state index in [0.29, 0.717) is 28.6 Å². The molecule has 1 aliphatic rings. The normalized spacial score (nSPS) is 14.9. The maximum atomic E-state index is 12.9. The Morgan fingerprint density at radius 1 is 1.14 bits per heavy atom. The van der Waals surface area contributed by atoms with E-state index in [2.05, 4.69) is 20.3 Å². The van der Waals surface area contributed by atoms with Crippen LogP contribution in [0.4, 0.5) is 24.7 Å². The summed E-state index contributed by atoms with van der Waals surface area (Å²) in [4.78, 5) is 19.7. The molecule has 0 radical (unpaired) electrons. The molecule has 0 bridgehead atoms. The summed E-state index contributed by atoms with van der Waals surface area (Å²) in [6, 6.07) is 6.53. The molecule has 2 aromatic heterocycles. The first-order valence-electron chi connectivity index (χ1n) is 11.4. The Balaban J connectivity index is 1.44. The topological polar surface area (TPSA) is 72.3 Å². The Hall–Kier alpha value is -3.40. The molecular formula is C25H28F3N5O2. The van der Waals surface area contributed by atoms with Crippen LogP contribution >= 0.6 is 0 Å². The number of ether oxygens (including phenoxy) is 1. The lowest BCUT2D eigenvalue weighted by Gasteiger charge is -2.33. The van der Waals surface area contributed by atoms with Crippen LogP contribution in [0, 0.1) is 19.8 Å². The molecule has 0 spiro atoms. The average molecular weight is 488 g/mol. The molecule has 1 fully saturated rings. The van der Waals surface area contributed by atoms with E-state index in [1.807, 2.05) is 13.0 Å². The number of nitrogens with zero attached hydrogens (tertiary/aromatic N) is 4. The monoisotopic (exact) mass is 487 g/mol. The second kappa shape index (κ2) is 10.1. The Morgan fingerprint density at radius 2 is 1.83 bits per heavy atom. The van der Waals surface area contributed by atoms with E-state index in [9.17, 15) is 18.0 Å². The zero-order valence-electron chi connectivity index (χ0n) is 19.9. The van der Waals surface area contributed by atoms with E-state index in [0.717, 1.165) is 56.1 Å². The molecular weight excluding hydrogens is 459 g/mol. The summed E-state index contributed by atoms with van der Waals surface area (Å²) in [7, 11) is 1.73. The smallest absolute Gasteiger partial charge is 0.384 e. The number of anilines is 2. The molecule has 186 valence electrons. The number of carbonyl (C=O) groups excluding carboxylic acids is 1. The first kappa shape index (κ1) is 24.7. The van der Waals surface area contributed by atoms with Crippen molar-refractivity contribution in [2.24, 2.45) is 5.92 Å². The van der Waals surface area contributed by atoms with Gasteiger partial charge in [0.1, 0.15) is 5.82 Å².